The third-order valence-corrected chi connectivity index (χ3v) is 7.19. The lowest BCUT2D eigenvalue weighted by molar-refractivity contribution is 0.338. The van der Waals surface area contributed by atoms with Crippen molar-refractivity contribution in [3.8, 4) is 0 Å². The summed E-state index contributed by atoms with van der Waals surface area (Å²) in [6, 6.07) is 13.0. The van der Waals surface area contributed by atoms with Gasteiger partial charge in [-0.25, -0.2) is 13.7 Å². The van der Waals surface area contributed by atoms with Crippen LogP contribution in [0.5, 0.6) is 0 Å². The highest BCUT2D eigenvalue weighted by Gasteiger charge is 2.25. The molecule has 164 valence electrons. The minimum atomic E-state index is -0.177. The van der Waals surface area contributed by atoms with E-state index in [0.29, 0.717) is 11.4 Å². The van der Waals surface area contributed by atoms with Crippen LogP contribution in [0.2, 0.25) is 0 Å². The van der Waals surface area contributed by atoms with Crippen molar-refractivity contribution in [3.05, 3.63) is 82.6 Å². The standard InChI is InChI=1S/C23H22BrFN6S/c24-18-14-28-31-22(27-13-16-5-3-9-26-12-16)11-20(29-23(18)31)17-6-4-10-30(15-17)32-21-8-2-1-7-19(21)25/h1-3,5,7-9,11-12,14,17,27H,4,6,10,13,15H2. The highest BCUT2D eigenvalue weighted by Crippen LogP contribution is 2.35. The largest absolute Gasteiger partial charge is 0.366 e. The van der Waals surface area contributed by atoms with E-state index in [0.717, 1.165) is 53.1 Å². The number of nitrogens with one attached hydrogen (secondary N) is 1. The lowest BCUT2D eigenvalue weighted by Gasteiger charge is -2.31. The summed E-state index contributed by atoms with van der Waals surface area (Å²) in [5, 5.41) is 7.96. The molecule has 1 fully saturated rings. The monoisotopic (exact) mass is 512 g/mol. The maximum atomic E-state index is 14.1. The van der Waals surface area contributed by atoms with E-state index in [9.17, 15) is 4.39 Å². The summed E-state index contributed by atoms with van der Waals surface area (Å²) in [5.41, 5.74) is 2.90. The van der Waals surface area contributed by atoms with Gasteiger partial charge in [-0.15, -0.1) is 0 Å². The Morgan fingerprint density at radius 1 is 1.19 bits per heavy atom. The number of anilines is 1. The van der Waals surface area contributed by atoms with Crippen LogP contribution < -0.4 is 5.32 Å². The molecule has 4 heterocycles. The molecule has 0 spiro atoms. The molecule has 3 aromatic heterocycles. The smallest absolute Gasteiger partial charge is 0.171 e. The van der Waals surface area contributed by atoms with Gasteiger partial charge in [-0.2, -0.15) is 9.61 Å². The first-order valence-electron chi connectivity index (χ1n) is 10.5. The van der Waals surface area contributed by atoms with Crippen molar-refractivity contribution < 1.29 is 4.39 Å². The molecule has 0 bridgehead atoms. The molecule has 0 radical (unpaired) electrons. The zero-order valence-corrected chi connectivity index (χ0v) is 19.7. The number of hydrogen-bond acceptors (Lipinski definition) is 6. The fraction of sp³-hybridized carbons (Fsp3) is 0.261. The van der Waals surface area contributed by atoms with Crippen molar-refractivity contribution in [2.75, 3.05) is 18.4 Å². The Kier molecular flexibility index (Phi) is 6.38. The van der Waals surface area contributed by atoms with E-state index in [2.05, 4.69) is 41.7 Å². The zero-order valence-electron chi connectivity index (χ0n) is 17.3. The lowest BCUT2D eigenvalue weighted by Crippen LogP contribution is -2.29. The highest BCUT2D eigenvalue weighted by atomic mass is 79.9. The van der Waals surface area contributed by atoms with Gasteiger partial charge in [0.15, 0.2) is 5.65 Å². The van der Waals surface area contributed by atoms with Crippen molar-refractivity contribution in [3.63, 3.8) is 0 Å². The molecule has 32 heavy (non-hydrogen) atoms. The second kappa shape index (κ2) is 9.56. The molecule has 9 heteroatoms. The zero-order chi connectivity index (χ0) is 21.9. The number of aromatic nitrogens is 4. The second-order valence-corrected chi connectivity index (χ2v) is 9.75. The fourth-order valence-electron chi connectivity index (χ4n) is 3.91. The maximum Gasteiger partial charge on any atom is 0.171 e. The Morgan fingerprint density at radius 3 is 2.94 bits per heavy atom. The van der Waals surface area contributed by atoms with Gasteiger partial charge in [-0.05, 0) is 64.5 Å². The predicted molar refractivity (Wildman–Crippen MR) is 128 cm³/mol. The first kappa shape index (κ1) is 21.4. The molecule has 1 N–H and O–H groups in total. The van der Waals surface area contributed by atoms with Crippen LogP contribution in [0.15, 0.2) is 70.4 Å². The average molecular weight is 513 g/mol. The number of pyridine rings is 1. The summed E-state index contributed by atoms with van der Waals surface area (Å²) in [6.07, 6.45) is 7.47. The minimum absolute atomic E-state index is 0.177. The number of hydrogen-bond donors (Lipinski definition) is 1. The van der Waals surface area contributed by atoms with Crippen LogP contribution in [0, 0.1) is 5.82 Å². The molecule has 1 unspecified atom stereocenters. The molecular formula is C23H22BrFN6S. The topological polar surface area (TPSA) is 58.4 Å². The van der Waals surface area contributed by atoms with E-state index in [1.807, 2.05) is 35.0 Å². The van der Waals surface area contributed by atoms with Crippen molar-refractivity contribution in [2.24, 2.45) is 0 Å². The number of benzene rings is 1. The third kappa shape index (κ3) is 4.65. The summed E-state index contributed by atoms with van der Waals surface area (Å²) in [7, 11) is 0. The number of fused-ring (bicyclic) bond motifs is 1. The number of piperidine rings is 1. The van der Waals surface area contributed by atoms with Gasteiger partial charge in [0.05, 0.1) is 21.3 Å². The number of nitrogens with zero attached hydrogens (tertiary/aromatic N) is 5. The minimum Gasteiger partial charge on any atom is -0.366 e. The number of rotatable bonds is 6. The van der Waals surface area contributed by atoms with Crippen molar-refractivity contribution >= 4 is 39.3 Å². The van der Waals surface area contributed by atoms with Gasteiger partial charge in [0.25, 0.3) is 0 Å². The van der Waals surface area contributed by atoms with E-state index >= 15 is 0 Å². The summed E-state index contributed by atoms with van der Waals surface area (Å²) in [5.74, 6) is 0.969. The summed E-state index contributed by atoms with van der Waals surface area (Å²) < 4.78 is 19.1. The molecular weight excluding hydrogens is 491 g/mol. The molecule has 1 aromatic carbocycles. The van der Waals surface area contributed by atoms with Gasteiger partial charge in [0.2, 0.25) is 0 Å². The molecule has 6 nitrogen and oxygen atoms in total. The van der Waals surface area contributed by atoms with Gasteiger partial charge >= 0.3 is 0 Å². The molecule has 0 aliphatic carbocycles. The lowest BCUT2D eigenvalue weighted by atomic mass is 9.96. The molecule has 1 aliphatic rings. The van der Waals surface area contributed by atoms with E-state index in [4.69, 9.17) is 4.98 Å². The Hall–Kier alpha value is -2.49. The van der Waals surface area contributed by atoms with E-state index < -0.39 is 0 Å². The van der Waals surface area contributed by atoms with Crippen LogP contribution in [0.3, 0.4) is 0 Å². The molecule has 5 rings (SSSR count). The van der Waals surface area contributed by atoms with Crippen molar-refractivity contribution in [2.45, 2.75) is 30.2 Å². The SMILES string of the molecule is Fc1ccccc1SN1CCCC(c2cc(NCc3cccnc3)n3ncc(Br)c3n2)C1. The Balaban J connectivity index is 1.39. The summed E-state index contributed by atoms with van der Waals surface area (Å²) in [6.45, 7) is 2.39. The maximum absolute atomic E-state index is 14.1. The Labute approximate surface area is 198 Å². The molecule has 0 saturated carbocycles. The van der Waals surface area contributed by atoms with Crippen LogP contribution in [0.4, 0.5) is 10.2 Å². The average Bonchev–Trinajstić information content (AvgIpc) is 3.21. The van der Waals surface area contributed by atoms with Crippen LogP contribution in [-0.4, -0.2) is 37.0 Å². The van der Waals surface area contributed by atoms with E-state index in [1.165, 1.54) is 18.0 Å². The van der Waals surface area contributed by atoms with E-state index in [1.54, 1.807) is 18.5 Å². The van der Waals surface area contributed by atoms with Crippen LogP contribution in [0.25, 0.3) is 5.65 Å². The molecule has 1 atom stereocenters. The van der Waals surface area contributed by atoms with Gasteiger partial charge in [0, 0.05) is 44.0 Å². The second-order valence-electron chi connectivity index (χ2n) is 7.76. The highest BCUT2D eigenvalue weighted by molar-refractivity contribution is 9.10. The molecule has 1 saturated heterocycles. The van der Waals surface area contributed by atoms with Gasteiger partial charge < -0.3 is 5.32 Å². The van der Waals surface area contributed by atoms with Crippen molar-refractivity contribution in [1.82, 2.24) is 23.9 Å². The van der Waals surface area contributed by atoms with Crippen LogP contribution in [0.1, 0.15) is 30.0 Å². The normalized spacial score (nSPS) is 17.0. The van der Waals surface area contributed by atoms with Gasteiger partial charge in [-0.3, -0.25) is 4.98 Å². The molecule has 0 amide bonds. The quantitative estimate of drug-likeness (QED) is 0.343. The van der Waals surface area contributed by atoms with Crippen LogP contribution >= 0.6 is 27.9 Å². The summed E-state index contributed by atoms with van der Waals surface area (Å²) in [4.78, 5) is 9.77. The Morgan fingerprint density at radius 2 is 2.09 bits per heavy atom. The van der Waals surface area contributed by atoms with Crippen LogP contribution in [-0.2, 0) is 6.54 Å². The number of halogens is 2. The first-order chi connectivity index (χ1) is 15.7. The van der Waals surface area contributed by atoms with Crippen molar-refractivity contribution in [1.29, 1.82) is 0 Å². The first-order valence-corrected chi connectivity index (χ1v) is 12.1. The van der Waals surface area contributed by atoms with Gasteiger partial charge in [0.1, 0.15) is 11.6 Å². The van der Waals surface area contributed by atoms with E-state index in [-0.39, 0.29) is 11.7 Å². The molecule has 1 aliphatic heterocycles. The predicted octanol–water partition coefficient (Wildman–Crippen LogP) is 5.52. The fourth-order valence-corrected chi connectivity index (χ4v) is 5.31. The van der Waals surface area contributed by atoms with Gasteiger partial charge in [-0.1, -0.05) is 18.2 Å². The third-order valence-electron chi connectivity index (χ3n) is 5.51. The summed E-state index contributed by atoms with van der Waals surface area (Å²) >= 11 is 5.07. The Bertz CT molecular complexity index is 1220. The molecule has 4 aromatic rings.